The maximum atomic E-state index is 2.66. The van der Waals surface area contributed by atoms with Gasteiger partial charge in [-0.05, 0) is 204 Å². The SMILES string of the molecule is CC1(C)c2ccc(N(c3ccc(-c4cccc5ccccc45)cc3)c3ccc(-c4ccccc4)c(-c4ccccc4)c3)cc2-c2ccc(-c3ccc4c(c3)C3(c5ccccc5-4)C4CC5CC(C4)CC3C5)cc21. The van der Waals surface area contributed by atoms with Crippen molar-refractivity contribution in [3.05, 3.63) is 247 Å². The zero-order valence-corrected chi connectivity index (χ0v) is 41.2. The van der Waals surface area contributed by atoms with Crippen molar-refractivity contribution in [1.29, 1.82) is 0 Å². The predicted octanol–water partition coefficient (Wildman–Crippen LogP) is 19.0. The van der Waals surface area contributed by atoms with E-state index in [1.807, 2.05) is 0 Å². The van der Waals surface area contributed by atoms with Gasteiger partial charge in [0.15, 0.2) is 0 Å². The summed E-state index contributed by atoms with van der Waals surface area (Å²) in [7, 11) is 0. The average molecular weight is 924 g/mol. The molecule has 1 spiro atoms. The summed E-state index contributed by atoms with van der Waals surface area (Å²) in [6.45, 7) is 4.87. The lowest BCUT2D eigenvalue weighted by molar-refractivity contribution is -0.0399. The number of benzene rings is 10. The van der Waals surface area contributed by atoms with Crippen molar-refractivity contribution in [1.82, 2.24) is 0 Å². The summed E-state index contributed by atoms with van der Waals surface area (Å²) in [5.41, 5.74) is 25.0. The molecule has 346 valence electrons. The molecule has 10 aromatic carbocycles. The molecule has 0 N–H and O–H groups in total. The van der Waals surface area contributed by atoms with Gasteiger partial charge in [-0.25, -0.2) is 0 Å². The van der Waals surface area contributed by atoms with Crippen LogP contribution >= 0.6 is 0 Å². The molecule has 1 nitrogen and oxygen atoms in total. The van der Waals surface area contributed by atoms with Crippen molar-refractivity contribution in [3.8, 4) is 66.8 Å². The molecule has 4 saturated carbocycles. The first-order valence-electron chi connectivity index (χ1n) is 26.6. The Balaban J connectivity index is 0.852. The Labute approximate surface area is 424 Å². The maximum absolute atomic E-state index is 2.66. The number of hydrogen-bond donors (Lipinski definition) is 0. The van der Waals surface area contributed by atoms with E-state index in [4.69, 9.17) is 0 Å². The highest BCUT2D eigenvalue weighted by Crippen LogP contribution is 2.69. The largest absolute Gasteiger partial charge is 0.310 e. The van der Waals surface area contributed by atoms with E-state index in [9.17, 15) is 0 Å². The lowest BCUT2D eigenvalue weighted by Gasteiger charge is -2.61. The van der Waals surface area contributed by atoms with Crippen LogP contribution in [0.1, 0.15) is 68.2 Å². The van der Waals surface area contributed by atoms with Gasteiger partial charge in [0.25, 0.3) is 0 Å². The minimum Gasteiger partial charge on any atom is -0.310 e. The molecular weight excluding hydrogens is 867 g/mol. The van der Waals surface area contributed by atoms with Crippen molar-refractivity contribution in [3.63, 3.8) is 0 Å². The van der Waals surface area contributed by atoms with Crippen LogP contribution in [0, 0.1) is 23.7 Å². The lowest BCUT2D eigenvalue weighted by Crippen LogP contribution is -2.55. The molecule has 6 aliphatic rings. The highest BCUT2D eigenvalue weighted by molar-refractivity contribution is 5.98. The fourth-order valence-corrected chi connectivity index (χ4v) is 15.5. The van der Waals surface area contributed by atoms with Crippen molar-refractivity contribution in [2.75, 3.05) is 4.90 Å². The van der Waals surface area contributed by atoms with Crippen LogP contribution in [0.3, 0.4) is 0 Å². The molecule has 0 heterocycles. The molecule has 0 atom stereocenters. The third-order valence-corrected chi connectivity index (χ3v) is 18.5. The Morgan fingerprint density at radius 2 is 0.819 bits per heavy atom. The summed E-state index contributed by atoms with van der Waals surface area (Å²) in [5, 5.41) is 2.52. The minimum absolute atomic E-state index is 0.157. The molecule has 6 aliphatic carbocycles. The summed E-state index contributed by atoms with van der Waals surface area (Å²) in [6, 6.07) is 85.0. The molecule has 72 heavy (non-hydrogen) atoms. The van der Waals surface area contributed by atoms with Gasteiger partial charge in [-0.1, -0.05) is 190 Å². The molecule has 4 bridgehead atoms. The van der Waals surface area contributed by atoms with E-state index in [0.717, 1.165) is 40.7 Å². The summed E-state index contributed by atoms with van der Waals surface area (Å²) in [4.78, 5) is 2.47. The first-order valence-corrected chi connectivity index (χ1v) is 26.6. The maximum Gasteiger partial charge on any atom is 0.0468 e. The van der Waals surface area contributed by atoms with Crippen molar-refractivity contribution in [2.24, 2.45) is 23.7 Å². The van der Waals surface area contributed by atoms with E-state index in [1.54, 1.807) is 11.1 Å². The topological polar surface area (TPSA) is 3.24 Å². The van der Waals surface area contributed by atoms with E-state index in [1.165, 1.54) is 121 Å². The number of hydrogen-bond acceptors (Lipinski definition) is 1. The van der Waals surface area contributed by atoms with Crippen LogP contribution in [-0.2, 0) is 10.8 Å². The van der Waals surface area contributed by atoms with E-state index >= 15 is 0 Å². The number of nitrogens with zero attached hydrogens (tertiary/aromatic N) is 1. The molecule has 0 radical (unpaired) electrons. The minimum atomic E-state index is -0.169. The number of rotatable bonds is 7. The third-order valence-electron chi connectivity index (χ3n) is 18.5. The lowest BCUT2D eigenvalue weighted by atomic mass is 9.43. The van der Waals surface area contributed by atoms with E-state index in [2.05, 4.69) is 243 Å². The average Bonchev–Trinajstić information content (AvgIpc) is 3.85. The molecule has 0 aliphatic heterocycles. The first kappa shape index (κ1) is 42.0. The van der Waals surface area contributed by atoms with Crippen LogP contribution in [0.2, 0.25) is 0 Å². The van der Waals surface area contributed by atoms with Crippen molar-refractivity contribution >= 4 is 27.8 Å². The fourth-order valence-electron chi connectivity index (χ4n) is 15.5. The molecule has 0 saturated heterocycles. The highest BCUT2D eigenvalue weighted by atomic mass is 15.1. The number of anilines is 3. The summed E-state index contributed by atoms with van der Waals surface area (Å²) < 4.78 is 0. The normalized spacial score (nSPS) is 21.4. The second-order valence-electron chi connectivity index (χ2n) is 22.5. The second-order valence-corrected chi connectivity index (χ2v) is 22.5. The summed E-state index contributed by atoms with van der Waals surface area (Å²) in [5.74, 6) is 3.36. The van der Waals surface area contributed by atoms with Crippen LogP contribution in [0.25, 0.3) is 77.5 Å². The molecule has 0 amide bonds. The van der Waals surface area contributed by atoms with Crippen LogP contribution in [-0.4, -0.2) is 0 Å². The van der Waals surface area contributed by atoms with Gasteiger partial charge in [0.05, 0.1) is 0 Å². The Hall–Kier alpha value is -7.74. The van der Waals surface area contributed by atoms with Gasteiger partial charge in [-0.15, -0.1) is 0 Å². The van der Waals surface area contributed by atoms with Gasteiger partial charge >= 0.3 is 0 Å². The van der Waals surface area contributed by atoms with Crippen LogP contribution < -0.4 is 4.90 Å². The summed E-state index contributed by atoms with van der Waals surface area (Å²) in [6.07, 6.45) is 7.08. The molecule has 0 unspecified atom stereocenters. The fraction of sp³-hybridized carbons (Fsp3) is 0.183. The summed E-state index contributed by atoms with van der Waals surface area (Å²) >= 11 is 0. The Bertz CT molecular complexity index is 3750. The van der Waals surface area contributed by atoms with Crippen LogP contribution in [0.4, 0.5) is 17.1 Å². The molecule has 16 rings (SSSR count). The third kappa shape index (κ3) is 6.19. The zero-order chi connectivity index (χ0) is 47.7. The van der Waals surface area contributed by atoms with Gasteiger partial charge in [0, 0.05) is 27.9 Å². The first-order chi connectivity index (χ1) is 35.4. The van der Waals surface area contributed by atoms with Crippen LogP contribution in [0.15, 0.2) is 224 Å². The highest BCUT2D eigenvalue weighted by Gasteiger charge is 2.61. The Morgan fingerprint density at radius 3 is 1.54 bits per heavy atom. The number of fused-ring (bicyclic) bond motifs is 7. The molecule has 0 aromatic heterocycles. The van der Waals surface area contributed by atoms with Crippen molar-refractivity contribution in [2.45, 2.75) is 56.8 Å². The molecule has 10 aromatic rings. The monoisotopic (exact) mass is 923 g/mol. The smallest absolute Gasteiger partial charge is 0.0468 e. The van der Waals surface area contributed by atoms with Crippen LogP contribution in [0.5, 0.6) is 0 Å². The molecular formula is C71H57N. The zero-order valence-electron chi connectivity index (χ0n) is 41.2. The van der Waals surface area contributed by atoms with E-state index in [0.29, 0.717) is 0 Å². The van der Waals surface area contributed by atoms with Gasteiger partial charge in [-0.2, -0.15) is 0 Å². The predicted molar refractivity (Wildman–Crippen MR) is 301 cm³/mol. The van der Waals surface area contributed by atoms with Crippen molar-refractivity contribution < 1.29 is 0 Å². The second kappa shape index (κ2) is 15.9. The van der Waals surface area contributed by atoms with E-state index < -0.39 is 0 Å². The Morgan fingerprint density at radius 1 is 0.319 bits per heavy atom. The van der Waals surface area contributed by atoms with Gasteiger partial charge in [-0.3, -0.25) is 0 Å². The standard InChI is InChI=1S/C71H57N/c1-70(2)66-35-31-57(44-65(66)63-33-27-51(41-68(63)70)52-26-32-62-61-21-11-12-23-67(61)71(69(62)42-52)53-37-45-36-46(39-53)40-54(71)38-45)72(55-28-24-50(25-29-55)59-22-13-19-48-18-9-10-20-58(48)59)56-30-34-60(47-14-5-3-6-15-47)64(43-56)49-16-7-4-8-17-49/h3-35,41-46,53-54H,36-40H2,1-2H3. The van der Waals surface area contributed by atoms with Gasteiger partial charge in [0.2, 0.25) is 0 Å². The quantitative estimate of drug-likeness (QED) is 0.154. The van der Waals surface area contributed by atoms with E-state index in [-0.39, 0.29) is 10.8 Å². The Kier molecular flexibility index (Phi) is 9.26. The molecule has 1 heteroatoms. The molecule has 4 fully saturated rings. The van der Waals surface area contributed by atoms with Gasteiger partial charge < -0.3 is 4.90 Å². The van der Waals surface area contributed by atoms with Gasteiger partial charge in [0.1, 0.15) is 0 Å².